The Morgan fingerprint density at radius 1 is 0.759 bits per heavy atom. The van der Waals surface area contributed by atoms with Crippen LogP contribution in [-0.4, -0.2) is 220 Å². The zero-order valence-corrected chi connectivity index (χ0v) is 47.2. The van der Waals surface area contributed by atoms with E-state index in [1.165, 1.54) is 11.8 Å². The molecule has 0 saturated carbocycles. The number of nitrogens with one attached hydrogen (secondary N) is 4. The van der Waals surface area contributed by atoms with Crippen molar-refractivity contribution in [2.45, 2.75) is 76.7 Å². The average molecular weight is 1140 g/mol. The molecule has 27 heteroatoms. The summed E-state index contributed by atoms with van der Waals surface area (Å²) in [7, 11) is 1.62. The lowest BCUT2D eigenvalue weighted by Crippen LogP contribution is -2.44. The summed E-state index contributed by atoms with van der Waals surface area (Å²) in [6.07, 6.45) is 1.26. The molecule has 0 radical (unpaired) electrons. The van der Waals surface area contributed by atoms with Gasteiger partial charge in [-0.15, -0.1) is 0 Å². The molecule has 1 aliphatic heterocycles. The fourth-order valence-electron chi connectivity index (χ4n) is 7.38. The summed E-state index contributed by atoms with van der Waals surface area (Å²) in [6.45, 7) is 8.73. The van der Waals surface area contributed by atoms with Gasteiger partial charge in [-0.3, -0.25) is 43.5 Å². The number of thioether (sulfide) groups is 1. The van der Waals surface area contributed by atoms with Crippen LogP contribution in [0.15, 0.2) is 29.3 Å². The summed E-state index contributed by atoms with van der Waals surface area (Å²) in [6, 6.07) is 5.49. The molecule has 1 saturated heterocycles. The molecule has 0 aromatic heterocycles. The van der Waals surface area contributed by atoms with E-state index < -0.39 is 78.1 Å². The standard InChI is InChI=1S/C52H86N8O18S/c1-37(2)30-43(59-46(64)11-15-71-18-19-73-22-23-75-26-27-77-29-28-76-25-24-74-21-20-72-17-16-70-3)44(63)32-40(35-61)48(66)57-34-42(62)31-39(6-5-12-55-51(53)54)49(67)58-41-9-7-38(8-10-41)36-78-52(69)56-13-14-60-47(65)33-45(79-4)50(60)68/h7-10,37,39-40,43,45,61H,5-6,11-36H2,1-4H3,(H,56,69)(H,57,66)(H,58,67)(H,59,64)(H4,53,54,55)/t39-,40+,43+,45?/m1/s1. The number of amides is 6. The topological polar surface area (TPSA) is 356 Å². The molecule has 6 amide bonds. The third kappa shape index (κ3) is 33.1. The van der Waals surface area contributed by atoms with Crippen LogP contribution in [0.1, 0.15) is 64.4 Å². The van der Waals surface area contributed by atoms with Gasteiger partial charge in [0.1, 0.15) is 6.61 Å². The third-order valence-electron chi connectivity index (χ3n) is 11.6. The Morgan fingerprint density at radius 3 is 1.82 bits per heavy atom. The largest absolute Gasteiger partial charge is 0.445 e. The number of methoxy groups -OCH3 is 1. The number of likely N-dealkylation sites (tertiary alicyclic amines) is 1. The van der Waals surface area contributed by atoms with E-state index in [2.05, 4.69) is 26.3 Å². The molecule has 2 rings (SSSR count). The van der Waals surface area contributed by atoms with E-state index in [0.29, 0.717) is 97.0 Å². The summed E-state index contributed by atoms with van der Waals surface area (Å²) < 4.78 is 48.3. The zero-order chi connectivity index (χ0) is 58.0. The van der Waals surface area contributed by atoms with Gasteiger partial charge in [0.05, 0.1) is 129 Å². The fourth-order valence-corrected chi connectivity index (χ4v) is 8.02. The number of imide groups is 1. The predicted molar refractivity (Wildman–Crippen MR) is 292 cm³/mol. The van der Waals surface area contributed by atoms with Crippen LogP contribution in [0.3, 0.4) is 0 Å². The highest BCUT2D eigenvalue weighted by molar-refractivity contribution is 8.00. The zero-order valence-electron chi connectivity index (χ0n) is 46.3. The molecule has 1 fully saturated rings. The van der Waals surface area contributed by atoms with Crippen LogP contribution >= 0.6 is 11.8 Å². The Morgan fingerprint density at radius 2 is 1.32 bits per heavy atom. The second kappa shape index (κ2) is 43.4. The average Bonchev–Trinajstić information content (AvgIpc) is 3.70. The van der Waals surface area contributed by atoms with Crippen LogP contribution in [0.4, 0.5) is 10.5 Å². The van der Waals surface area contributed by atoms with Crippen LogP contribution in [0.25, 0.3) is 0 Å². The smallest absolute Gasteiger partial charge is 0.407 e. The van der Waals surface area contributed by atoms with Gasteiger partial charge in [-0.25, -0.2) is 4.79 Å². The molecular weight excluding hydrogens is 1060 g/mol. The molecule has 0 spiro atoms. The molecule has 1 aromatic carbocycles. The molecule has 79 heavy (non-hydrogen) atoms. The van der Waals surface area contributed by atoms with Gasteiger partial charge in [-0.1, -0.05) is 26.0 Å². The van der Waals surface area contributed by atoms with E-state index in [0.717, 1.165) is 4.90 Å². The van der Waals surface area contributed by atoms with Gasteiger partial charge in [-0.05, 0) is 49.1 Å². The second-order valence-corrected chi connectivity index (χ2v) is 19.5. The molecule has 1 unspecified atom stereocenters. The molecule has 0 bridgehead atoms. The Labute approximate surface area is 467 Å². The molecular formula is C52H86N8O18S. The Kier molecular flexibility index (Phi) is 38.4. The summed E-state index contributed by atoms with van der Waals surface area (Å²) >= 11 is 1.30. The Bertz CT molecular complexity index is 1980. The summed E-state index contributed by atoms with van der Waals surface area (Å²) in [5.74, 6) is -5.43. The number of aliphatic hydroxyl groups excluding tert-OH is 1. The normalized spacial score (nSPS) is 14.4. The van der Waals surface area contributed by atoms with E-state index in [9.17, 15) is 43.5 Å². The first-order valence-corrected chi connectivity index (χ1v) is 27.8. The van der Waals surface area contributed by atoms with Crippen molar-refractivity contribution in [3.8, 4) is 0 Å². The van der Waals surface area contributed by atoms with E-state index in [-0.39, 0.29) is 102 Å². The second-order valence-electron chi connectivity index (χ2n) is 18.4. The highest BCUT2D eigenvalue weighted by Crippen LogP contribution is 2.23. The Balaban J connectivity index is 1.71. The van der Waals surface area contributed by atoms with Gasteiger partial charge < -0.3 is 80.5 Å². The molecule has 26 nitrogen and oxygen atoms in total. The minimum Gasteiger partial charge on any atom is -0.445 e. The van der Waals surface area contributed by atoms with E-state index in [4.69, 9.17) is 54.1 Å². The van der Waals surface area contributed by atoms with Crippen molar-refractivity contribution in [3.63, 3.8) is 0 Å². The van der Waals surface area contributed by atoms with Crippen molar-refractivity contribution in [2.24, 2.45) is 34.2 Å². The minimum absolute atomic E-state index is 0.00380. The molecule has 1 heterocycles. The summed E-state index contributed by atoms with van der Waals surface area (Å²) in [5, 5.41) is 20.2. The van der Waals surface area contributed by atoms with Crippen LogP contribution in [0.5, 0.6) is 0 Å². The molecule has 448 valence electrons. The van der Waals surface area contributed by atoms with Crippen molar-refractivity contribution in [1.82, 2.24) is 20.9 Å². The lowest BCUT2D eigenvalue weighted by Gasteiger charge is -2.22. The number of nitrogens with two attached hydrogens (primary N) is 2. The number of guanidine groups is 1. The molecule has 0 aliphatic carbocycles. The van der Waals surface area contributed by atoms with Crippen molar-refractivity contribution in [3.05, 3.63) is 29.8 Å². The first-order valence-electron chi connectivity index (χ1n) is 26.6. The number of aliphatic imine (C=N–C) groups is 1. The van der Waals surface area contributed by atoms with Crippen molar-refractivity contribution in [2.75, 3.05) is 151 Å². The lowest BCUT2D eigenvalue weighted by molar-refractivity contribution is -0.138. The van der Waals surface area contributed by atoms with Crippen molar-refractivity contribution < 1.29 is 86.1 Å². The summed E-state index contributed by atoms with van der Waals surface area (Å²) in [5.41, 5.74) is 11.9. The number of anilines is 1. The van der Waals surface area contributed by atoms with Crippen LogP contribution < -0.4 is 32.7 Å². The quantitative estimate of drug-likeness (QED) is 0.0200. The number of hydrogen-bond donors (Lipinski definition) is 7. The number of rotatable bonds is 48. The van der Waals surface area contributed by atoms with E-state index in [1.54, 1.807) is 37.6 Å². The van der Waals surface area contributed by atoms with Gasteiger partial charge in [0.15, 0.2) is 17.5 Å². The Hall–Kier alpha value is -5.36. The third-order valence-corrected chi connectivity index (χ3v) is 12.5. The predicted octanol–water partition coefficient (Wildman–Crippen LogP) is 0.338. The molecule has 1 aliphatic rings. The van der Waals surface area contributed by atoms with E-state index >= 15 is 0 Å². The number of alkyl carbamates (subject to hydrolysis) is 1. The van der Waals surface area contributed by atoms with Gasteiger partial charge in [0.25, 0.3) is 0 Å². The monoisotopic (exact) mass is 1140 g/mol. The van der Waals surface area contributed by atoms with Gasteiger partial charge in [-0.2, -0.15) is 11.8 Å². The maximum Gasteiger partial charge on any atom is 0.407 e. The fraction of sp³-hybridized carbons (Fsp3) is 0.712. The highest BCUT2D eigenvalue weighted by atomic mass is 32.2. The van der Waals surface area contributed by atoms with Gasteiger partial charge >= 0.3 is 6.09 Å². The SMILES string of the molecule is COCCOCCOCCOCCOCCOCCOCCOCCC(=O)N[C@@H](CC(C)C)C(=O)C[C@@H](CO)C(=O)NCC(=O)C[C@@H](CCCN=C(N)N)C(=O)Nc1ccc(COC(=O)NCCN2C(=O)CC(SC)C2=O)cc1. The molecule has 4 atom stereocenters. The van der Waals surface area contributed by atoms with Crippen LogP contribution in [0, 0.1) is 17.8 Å². The van der Waals surface area contributed by atoms with Crippen molar-refractivity contribution >= 4 is 70.6 Å². The maximum atomic E-state index is 13.5. The summed E-state index contributed by atoms with van der Waals surface area (Å²) in [4.78, 5) is 108. The number of Topliss-reactive ketones (excluding diaryl/α,β-unsaturated/α-hetero) is 2. The first kappa shape index (κ1) is 69.7. The number of ketones is 2. The van der Waals surface area contributed by atoms with Gasteiger partial charge in [0, 0.05) is 64.0 Å². The first-order chi connectivity index (χ1) is 38.1. The highest BCUT2D eigenvalue weighted by Gasteiger charge is 2.37. The number of benzene rings is 1. The van der Waals surface area contributed by atoms with E-state index in [1.807, 2.05) is 13.8 Å². The van der Waals surface area contributed by atoms with Gasteiger partial charge in [0.2, 0.25) is 29.5 Å². The number of carbonyl (C=O) groups excluding carboxylic acids is 8. The van der Waals surface area contributed by atoms with Crippen LogP contribution in [0.2, 0.25) is 0 Å². The molecule has 9 N–H and O–H groups in total. The number of hydrogen-bond acceptors (Lipinski definition) is 20. The number of nitrogens with zero attached hydrogens (tertiary/aromatic N) is 2. The maximum absolute atomic E-state index is 13.5. The minimum atomic E-state index is -1.22. The van der Waals surface area contributed by atoms with Crippen LogP contribution in [-0.2, 0) is 82.8 Å². The van der Waals surface area contributed by atoms with Crippen molar-refractivity contribution in [1.29, 1.82) is 0 Å². The lowest BCUT2D eigenvalue weighted by atomic mass is 9.93. The number of ether oxygens (including phenoxy) is 9. The molecule has 1 aromatic rings. The number of carbonyl (C=O) groups is 8. The number of aliphatic hydroxyl groups is 1.